The van der Waals surface area contributed by atoms with E-state index in [4.69, 9.17) is 0 Å². The Labute approximate surface area is 43.0 Å². The SMILES string of the molecule is C=C[C](=O)[Nb]. The third-order valence-electron chi connectivity index (χ3n) is 0.175. The van der Waals surface area contributed by atoms with Crippen LogP contribution in [0.15, 0.2) is 12.7 Å². The van der Waals surface area contributed by atoms with Gasteiger partial charge in [0, 0.05) is 0 Å². The van der Waals surface area contributed by atoms with Crippen molar-refractivity contribution in [1.82, 2.24) is 0 Å². The molecule has 0 bridgehead atoms. The molecule has 0 radical (unpaired) electrons. The van der Waals surface area contributed by atoms with Crippen LogP contribution < -0.4 is 0 Å². The predicted molar refractivity (Wildman–Crippen MR) is 15.2 cm³/mol. The van der Waals surface area contributed by atoms with E-state index in [1.807, 2.05) is 0 Å². The van der Waals surface area contributed by atoms with Crippen molar-refractivity contribution in [3.05, 3.63) is 12.7 Å². The average Bonchev–Trinajstić information content (AvgIpc) is 1.38. The second-order valence-corrected chi connectivity index (χ2v) is 1.63. The Kier molecular flexibility index (Phi) is 2.46. The van der Waals surface area contributed by atoms with Crippen LogP contribution in [0.1, 0.15) is 0 Å². The summed E-state index contributed by atoms with van der Waals surface area (Å²) in [7, 11) is 0. The Morgan fingerprint density at radius 3 is 2.20 bits per heavy atom. The molecule has 0 unspecified atom stereocenters. The first-order valence-corrected chi connectivity index (χ1v) is 2.22. The molecular weight excluding hydrogens is 145 g/mol. The van der Waals surface area contributed by atoms with Crippen LogP contribution in [-0.4, -0.2) is 4.00 Å². The van der Waals surface area contributed by atoms with Crippen molar-refractivity contribution in [1.29, 1.82) is 0 Å². The van der Waals surface area contributed by atoms with Gasteiger partial charge in [-0.15, -0.1) is 0 Å². The van der Waals surface area contributed by atoms with Gasteiger partial charge in [-0.3, -0.25) is 0 Å². The first-order valence-electron chi connectivity index (χ1n) is 1.12. The molecule has 2 heteroatoms. The summed E-state index contributed by atoms with van der Waals surface area (Å²) in [5.74, 6) is 0. The van der Waals surface area contributed by atoms with Crippen LogP contribution in [-0.2, 0) is 25.9 Å². The third-order valence-corrected chi connectivity index (χ3v) is 0.623. The van der Waals surface area contributed by atoms with E-state index in [1.165, 1.54) is 6.08 Å². The van der Waals surface area contributed by atoms with Gasteiger partial charge in [0.15, 0.2) is 0 Å². The quantitative estimate of drug-likeness (QED) is 0.384. The number of carbonyl (C=O) groups excluding carboxylic acids is 1. The monoisotopic (exact) mass is 148 g/mol. The fourth-order valence-electron chi connectivity index (χ4n) is 0. The fraction of sp³-hybridized carbons (Fsp3) is 0. The van der Waals surface area contributed by atoms with Crippen LogP contribution in [0.5, 0.6) is 0 Å². The molecule has 5 heavy (non-hydrogen) atoms. The van der Waals surface area contributed by atoms with Crippen LogP contribution in [0.4, 0.5) is 0 Å². The summed E-state index contributed by atoms with van der Waals surface area (Å²) in [4.78, 5) is 9.72. The van der Waals surface area contributed by atoms with E-state index in [0.717, 1.165) is 21.1 Å². The van der Waals surface area contributed by atoms with Gasteiger partial charge in [-0.05, 0) is 0 Å². The first-order chi connectivity index (χ1) is 2.27. The Morgan fingerprint density at radius 2 is 2.20 bits per heavy atom. The zero-order chi connectivity index (χ0) is 4.28. The number of rotatable bonds is 1. The van der Waals surface area contributed by atoms with Gasteiger partial charge in [0.05, 0.1) is 0 Å². The van der Waals surface area contributed by atoms with Crippen molar-refractivity contribution in [2.45, 2.75) is 0 Å². The van der Waals surface area contributed by atoms with Crippen LogP contribution in [0, 0.1) is 0 Å². The van der Waals surface area contributed by atoms with E-state index in [0.29, 0.717) is 0 Å². The Bertz CT molecular complexity index is 57.9. The van der Waals surface area contributed by atoms with Gasteiger partial charge in [0.1, 0.15) is 0 Å². The van der Waals surface area contributed by atoms with Crippen molar-refractivity contribution >= 4 is 4.00 Å². The van der Waals surface area contributed by atoms with E-state index in [-0.39, 0.29) is 4.00 Å². The zero-order valence-electron chi connectivity index (χ0n) is 2.64. The summed E-state index contributed by atoms with van der Waals surface area (Å²) in [6.07, 6.45) is 1.30. The predicted octanol–water partition coefficient (Wildman–Crippen LogP) is 0.246. The Balaban J connectivity index is 3.20. The number of carbonyl (C=O) groups is 1. The molecule has 0 fully saturated rings. The Hall–Kier alpha value is 0.150. The minimum atomic E-state index is 0.0685. The van der Waals surface area contributed by atoms with Crippen LogP contribution in [0.2, 0.25) is 0 Å². The van der Waals surface area contributed by atoms with E-state index in [2.05, 4.69) is 6.58 Å². The van der Waals surface area contributed by atoms with E-state index < -0.39 is 0 Å². The summed E-state index contributed by atoms with van der Waals surface area (Å²) in [6.45, 7) is 3.22. The molecule has 0 aromatic heterocycles. The van der Waals surface area contributed by atoms with E-state index in [1.54, 1.807) is 0 Å². The molecule has 0 amide bonds. The second-order valence-electron chi connectivity index (χ2n) is 0.542. The summed E-state index contributed by atoms with van der Waals surface area (Å²) in [6, 6.07) is 0. The average molecular weight is 148 g/mol. The molecule has 0 saturated carbocycles. The molecule has 0 spiro atoms. The van der Waals surface area contributed by atoms with Crippen LogP contribution in [0.25, 0.3) is 0 Å². The van der Waals surface area contributed by atoms with Gasteiger partial charge in [-0.2, -0.15) is 0 Å². The van der Waals surface area contributed by atoms with Crippen LogP contribution in [0.3, 0.4) is 0 Å². The molecule has 0 aromatic carbocycles. The van der Waals surface area contributed by atoms with Crippen molar-refractivity contribution < 1.29 is 25.9 Å². The summed E-state index contributed by atoms with van der Waals surface area (Å²) < 4.78 is 0.0685. The van der Waals surface area contributed by atoms with Gasteiger partial charge in [-0.25, -0.2) is 0 Å². The molecule has 0 atom stereocenters. The van der Waals surface area contributed by atoms with Crippen LogP contribution >= 0.6 is 0 Å². The second kappa shape index (κ2) is 2.39. The maximum absolute atomic E-state index is 9.72. The zero-order valence-corrected chi connectivity index (χ0v) is 4.84. The number of allylic oxidation sites excluding steroid dienone is 1. The molecule has 0 saturated heterocycles. The fourth-order valence-corrected chi connectivity index (χ4v) is 0. The van der Waals surface area contributed by atoms with Crippen molar-refractivity contribution in [3.63, 3.8) is 0 Å². The van der Waals surface area contributed by atoms with E-state index in [9.17, 15) is 4.79 Å². The van der Waals surface area contributed by atoms with Gasteiger partial charge in [0.25, 0.3) is 0 Å². The number of hydrogen-bond donors (Lipinski definition) is 0. The minimum absolute atomic E-state index is 0.0685. The van der Waals surface area contributed by atoms with E-state index >= 15 is 0 Å². The molecule has 1 nitrogen and oxygen atoms in total. The molecule has 0 aliphatic heterocycles. The summed E-state index contributed by atoms with van der Waals surface area (Å²) in [5.41, 5.74) is 0. The molecule has 0 aliphatic carbocycles. The normalized spacial score (nSPS) is 6.40. The van der Waals surface area contributed by atoms with Crippen molar-refractivity contribution in [3.8, 4) is 0 Å². The maximum atomic E-state index is 9.72. The van der Waals surface area contributed by atoms with Crippen molar-refractivity contribution in [2.24, 2.45) is 0 Å². The van der Waals surface area contributed by atoms with Gasteiger partial charge >= 0.3 is 42.5 Å². The summed E-state index contributed by atoms with van der Waals surface area (Å²) in [5, 5.41) is 0. The Morgan fingerprint density at radius 1 is 2.00 bits per heavy atom. The molecule has 0 rings (SSSR count). The standard InChI is InChI=1S/C3H3O.Nb/c1-2-3-4;/h2H,1H2;. The topological polar surface area (TPSA) is 17.1 Å². The third kappa shape index (κ3) is 4.15. The van der Waals surface area contributed by atoms with Crippen molar-refractivity contribution in [2.75, 3.05) is 0 Å². The number of hydrogen-bond acceptors (Lipinski definition) is 1. The molecule has 0 heterocycles. The van der Waals surface area contributed by atoms with Gasteiger partial charge in [0.2, 0.25) is 0 Å². The molecule has 26 valence electrons. The molecule has 0 aromatic rings. The molecular formula is C3H3NbO. The summed E-state index contributed by atoms with van der Waals surface area (Å²) >= 11 is 1.16. The van der Waals surface area contributed by atoms with Gasteiger partial charge < -0.3 is 0 Å². The molecule has 0 aliphatic rings. The first kappa shape index (κ1) is 5.15. The van der Waals surface area contributed by atoms with Gasteiger partial charge in [-0.1, -0.05) is 0 Å². The molecule has 0 N–H and O–H groups in total.